The first-order valence-electron chi connectivity index (χ1n) is 6.96. The Morgan fingerprint density at radius 2 is 1.83 bits per heavy atom. The second-order valence-corrected chi connectivity index (χ2v) is 6.21. The number of hydrogen-bond acceptors (Lipinski definition) is 1. The second-order valence-electron chi connectivity index (χ2n) is 6.21. The van der Waals surface area contributed by atoms with Crippen molar-refractivity contribution in [3.8, 4) is 0 Å². The maximum Gasteiger partial charge on any atom is 0.0534 e. The van der Waals surface area contributed by atoms with Gasteiger partial charge in [0.1, 0.15) is 0 Å². The minimum Gasteiger partial charge on any atom is -0.395 e. The monoisotopic (exact) mass is 247 g/mol. The minimum absolute atomic E-state index is 0.140. The highest BCUT2D eigenvalue weighted by atomic mass is 16.3. The Hall–Kier alpha value is -0.820. The van der Waals surface area contributed by atoms with Crippen LogP contribution in [-0.2, 0) is 11.8 Å². The molecule has 1 heteroatoms. The molecule has 0 heterocycles. The van der Waals surface area contributed by atoms with Gasteiger partial charge in [0.15, 0.2) is 0 Å². The molecule has 0 spiro atoms. The van der Waals surface area contributed by atoms with Gasteiger partial charge in [-0.15, -0.1) is 0 Å². The first-order valence-corrected chi connectivity index (χ1v) is 6.96. The Morgan fingerprint density at radius 3 is 2.33 bits per heavy atom. The highest BCUT2D eigenvalue weighted by molar-refractivity contribution is 5.40. The summed E-state index contributed by atoms with van der Waals surface area (Å²) < 4.78 is 0. The highest BCUT2D eigenvalue weighted by Crippen LogP contribution is 2.27. The fraction of sp³-hybridized carbons (Fsp3) is 0.588. The van der Waals surface area contributed by atoms with Gasteiger partial charge in [0.25, 0.3) is 0 Å². The molecule has 1 nitrogen and oxygen atoms in total. The lowest BCUT2D eigenvalue weighted by Gasteiger charge is -2.22. The molecule has 0 atom stereocenters. The molecule has 18 heavy (non-hydrogen) atoms. The van der Waals surface area contributed by atoms with Crippen molar-refractivity contribution in [2.45, 2.75) is 59.3 Å². The molecule has 1 aromatic rings. The first-order chi connectivity index (χ1) is 8.38. The number of hydrogen-bond donors (Lipinski definition) is 1. The summed E-state index contributed by atoms with van der Waals surface area (Å²) in [5.74, 6) is 1.05. The molecule has 0 aromatic heterocycles. The Bertz CT molecular complexity index is 374. The lowest BCUT2D eigenvalue weighted by molar-refractivity contribution is 0.315. The molecule has 0 saturated carbocycles. The summed E-state index contributed by atoms with van der Waals surface area (Å²) in [5.41, 5.74) is 4.11. The molecular formula is C17H27O. The molecule has 0 amide bonds. The van der Waals surface area contributed by atoms with Crippen LogP contribution >= 0.6 is 0 Å². The average molecular weight is 247 g/mol. The highest BCUT2D eigenvalue weighted by Gasteiger charge is 2.17. The summed E-state index contributed by atoms with van der Waals surface area (Å²) in [7, 11) is 0. The molecule has 0 saturated heterocycles. The van der Waals surface area contributed by atoms with Crippen LogP contribution < -0.4 is 0 Å². The summed E-state index contributed by atoms with van der Waals surface area (Å²) in [6, 6.07) is 6.78. The quantitative estimate of drug-likeness (QED) is 0.824. The number of aliphatic hydroxyl groups is 1. The number of aryl methyl sites for hydroxylation is 1. The van der Waals surface area contributed by atoms with Gasteiger partial charge < -0.3 is 5.11 Å². The molecule has 1 rings (SSSR count). The Balaban J connectivity index is 3.12. The minimum atomic E-state index is 0.140. The van der Waals surface area contributed by atoms with Gasteiger partial charge in [-0.25, -0.2) is 0 Å². The molecular weight excluding hydrogens is 220 g/mol. The predicted molar refractivity (Wildman–Crippen MR) is 78.9 cm³/mol. The van der Waals surface area contributed by atoms with Crippen molar-refractivity contribution in [3.05, 3.63) is 40.8 Å². The molecule has 1 N–H and O–H groups in total. The molecule has 101 valence electrons. The summed E-state index contributed by atoms with van der Waals surface area (Å²) in [6.07, 6.45) is 3.58. The number of aliphatic hydroxyl groups excluding tert-OH is 1. The van der Waals surface area contributed by atoms with E-state index >= 15 is 0 Å². The molecule has 0 aliphatic heterocycles. The van der Waals surface area contributed by atoms with Crippen LogP contribution in [0.5, 0.6) is 0 Å². The van der Waals surface area contributed by atoms with E-state index in [-0.39, 0.29) is 12.0 Å². The van der Waals surface area contributed by atoms with E-state index in [1.807, 2.05) is 6.92 Å². The number of benzene rings is 1. The normalized spacial score (nSPS) is 12.2. The van der Waals surface area contributed by atoms with Crippen LogP contribution in [0, 0.1) is 5.92 Å². The van der Waals surface area contributed by atoms with E-state index in [9.17, 15) is 5.11 Å². The fourth-order valence-electron chi connectivity index (χ4n) is 1.99. The van der Waals surface area contributed by atoms with Gasteiger partial charge in [-0.2, -0.15) is 0 Å². The van der Waals surface area contributed by atoms with E-state index in [1.54, 1.807) is 0 Å². The van der Waals surface area contributed by atoms with Crippen LogP contribution in [0.4, 0.5) is 0 Å². The van der Waals surface area contributed by atoms with Crippen molar-refractivity contribution >= 4 is 0 Å². The first kappa shape index (κ1) is 15.2. The third-order valence-electron chi connectivity index (χ3n) is 3.41. The summed E-state index contributed by atoms with van der Waals surface area (Å²) in [6.45, 7) is 11.1. The second kappa shape index (κ2) is 6.38. The molecule has 0 fully saturated rings. The Labute approximate surface area is 112 Å². The molecule has 0 aliphatic carbocycles. The van der Waals surface area contributed by atoms with Crippen LogP contribution in [-0.4, -0.2) is 11.7 Å². The van der Waals surface area contributed by atoms with Crippen molar-refractivity contribution < 1.29 is 5.11 Å². The van der Waals surface area contributed by atoms with Gasteiger partial charge in [-0.1, -0.05) is 59.2 Å². The zero-order valence-corrected chi connectivity index (χ0v) is 12.5. The van der Waals surface area contributed by atoms with Gasteiger partial charge in [0.2, 0.25) is 0 Å². The largest absolute Gasteiger partial charge is 0.395 e. The van der Waals surface area contributed by atoms with Crippen molar-refractivity contribution in [1.82, 2.24) is 0 Å². The molecule has 0 bridgehead atoms. The number of rotatable bonds is 5. The summed E-state index contributed by atoms with van der Waals surface area (Å²) in [4.78, 5) is 0. The van der Waals surface area contributed by atoms with Crippen molar-refractivity contribution in [1.29, 1.82) is 0 Å². The summed E-state index contributed by atoms with van der Waals surface area (Å²) >= 11 is 0. The molecule has 1 aromatic carbocycles. The van der Waals surface area contributed by atoms with Crippen molar-refractivity contribution in [3.63, 3.8) is 0 Å². The predicted octanol–water partition coefficient (Wildman–Crippen LogP) is 4.26. The van der Waals surface area contributed by atoms with Gasteiger partial charge in [0, 0.05) is 5.92 Å². The number of unbranched alkanes of at least 4 members (excludes halogenated alkanes) is 1. The third-order valence-corrected chi connectivity index (χ3v) is 3.41. The van der Waals surface area contributed by atoms with Gasteiger partial charge in [-0.05, 0) is 34.9 Å². The van der Waals surface area contributed by atoms with Crippen molar-refractivity contribution in [2.24, 2.45) is 0 Å². The van der Waals surface area contributed by atoms with Crippen LogP contribution in [0.15, 0.2) is 18.2 Å². The van der Waals surface area contributed by atoms with Crippen LogP contribution in [0.3, 0.4) is 0 Å². The maximum atomic E-state index is 9.31. The Morgan fingerprint density at radius 1 is 1.17 bits per heavy atom. The Kier molecular flexibility index (Phi) is 5.40. The molecule has 0 unspecified atom stereocenters. The zero-order chi connectivity index (χ0) is 13.8. The topological polar surface area (TPSA) is 20.2 Å². The van der Waals surface area contributed by atoms with E-state index < -0.39 is 0 Å². The standard InChI is InChI=1S/C17H27O/c1-6-7-8-14-9-15(13(2)12-18)11-16(10-14)17(3,4)5/h9-11,18H,6-8,12H2,1-5H3. The van der Waals surface area contributed by atoms with E-state index in [4.69, 9.17) is 0 Å². The fourth-order valence-corrected chi connectivity index (χ4v) is 1.99. The summed E-state index contributed by atoms with van der Waals surface area (Å²) in [5, 5.41) is 9.31. The lowest BCUT2D eigenvalue weighted by Crippen LogP contribution is -2.13. The maximum absolute atomic E-state index is 9.31. The third kappa shape index (κ3) is 4.13. The van der Waals surface area contributed by atoms with Crippen molar-refractivity contribution in [2.75, 3.05) is 6.61 Å². The lowest BCUT2D eigenvalue weighted by atomic mass is 9.83. The SMILES string of the molecule is CCCCc1cc([C](C)CO)cc(C(C)(C)C)c1. The van der Waals surface area contributed by atoms with Crippen LogP contribution in [0.2, 0.25) is 0 Å². The molecule has 1 radical (unpaired) electrons. The molecule has 0 aliphatic rings. The van der Waals surface area contributed by atoms with Crippen LogP contribution in [0.25, 0.3) is 0 Å². The van der Waals surface area contributed by atoms with E-state index in [1.165, 1.54) is 29.5 Å². The van der Waals surface area contributed by atoms with Crippen LogP contribution in [0.1, 0.15) is 64.2 Å². The zero-order valence-electron chi connectivity index (χ0n) is 12.5. The van der Waals surface area contributed by atoms with Gasteiger partial charge in [-0.3, -0.25) is 0 Å². The smallest absolute Gasteiger partial charge is 0.0534 e. The van der Waals surface area contributed by atoms with E-state index in [2.05, 4.69) is 45.9 Å². The average Bonchev–Trinajstić information content (AvgIpc) is 2.33. The van der Waals surface area contributed by atoms with E-state index in [0.717, 1.165) is 12.3 Å². The van der Waals surface area contributed by atoms with Gasteiger partial charge in [0.05, 0.1) is 6.61 Å². The van der Waals surface area contributed by atoms with Gasteiger partial charge >= 0.3 is 0 Å². The van der Waals surface area contributed by atoms with E-state index in [0.29, 0.717) is 0 Å².